The molecule has 2 heterocycles. The van der Waals surface area contributed by atoms with Crippen molar-refractivity contribution < 1.29 is 13.2 Å². The maximum Gasteiger partial charge on any atom is 0.417 e. The van der Waals surface area contributed by atoms with Crippen molar-refractivity contribution in [2.24, 2.45) is 11.8 Å². The number of benzene rings is 2. The molecule has 0 spiro atoms. The Balaban J connectivity index is 1.54. The van der Waals surface area contributed by atoms with Crippen LogP contribution in [0.4, 0.5) is 19.0 Å². The Kier molecular flexibility index (Phi) is 7.47. The molecule has 0 amide bonds. The van der Waals surface area contributed by atoms with E-state index in [1.54, 1.807) is 0 Å². The second-order valence-electron chi connectivity index (χ2n) is 8.36. The van der Waals surface area contributed by atoms with E-state index in [2.05, 4.69) is 27.8 Å². The smallest absolute Gasteiger partial charge is 0.370 e. The number of hydrogen-bond donors (Lipinski definition) is 2. The van der Waals surface area contributed by atoms with Crippen LogP contribution in [0.1, 0.15) is 22.6 Å². The minimum absolute atomic E-state index is 0.214. The highest BCUT2D eigenvalue weighted by Crippen LogP contribution is 2.37. The minimum Gasteiger partial charge on any atom is -0.370 e. The molecule has 0 aliphatic carbocycles. The van der Waals surface area contributed by atoms with Crippen LogP contribution in [0.3, 0.4) is 0 Å². The summed E-state index contributed by atoms with van der Waals surface area (Å²) in [6.07, 6.45) is -2.70. The number of hydrogen-bond acceptors (Lipinski definition) is 3. The first-order chi connectivity index (χ1) is 15.8. The predicted octanol–water partition coefficient (Wildman–Crippen LogP) is 6.68. The average Bonchev–Trinajstić information content (AvgIpc) is 3.29. The summed E-state index contributed by atoms with van der Waals surface area (Å²) >= 11 is 12.4. The van der Waals surface area contributed by atoms with Gasteiger partial charge in [-0.05, 0) is 60.2 Å². The maximum atomic E-state index is 12.9. The van der Waals surface area contributed by atoms with Crippen LogP contribution in [-0.2, 0) is 12.6 Å². The quantitative estimate of drug-likeness (QED) is 0.385. The molecule has 3 atom stereocenters. The van der Waals surface area contributed by atoms with Crippen LogP contribution in [0.15, 0.2) is 66.9 Å². The Morgan fingerprint density at radius 1 is 1.00 bits per heavy atom. The Bertz CT molecular complexity index is 1060. The lowest BCUT2D eigenvalue weighted by Crippen LogP contribution is -2.30. The summed E-state index contributed by atoms with van der Waals surface area (Å²) in [6.45, 7) is 2.24. The summed E-state index contributed by atoms with van der Waals surface area (Å²) in [5, 5.41) is 7.82. The molecule has 8 heteroatoms. The zero-order chi connectivity index (χ0) is 23.4. The number of pyridine rings is 1. The molecule has 0 bridgehead atoms. The second-order valence-corrected chi connectivity index (χ2v) is 9.18. The van der Waals surface area contributed by atoms with Crippen LogP contribution in [0, 0.1) is 11.8 Å². The van der Waals surface area contributed by atoms with Gasteiger partial charge in [0.15, 0.2) is 0 Å². The summed E-state index contributed by atoms with van der Waals surface area (Å²) in [5.41, 5.74) is 1.59. The molecule has 4 rings (SSSR count). The van der Waals surface area contributed by atoms with Gasteiger partial charge in [0.25, 0.3) is 0 Å². The predicted molar refractivity (Wildman–Crippen MR) is 127 cm³/mol. The Morgan fingerprint density at radius 3 is 2.45 bits per heavy atom. The number of halogens is 5. The standard InChI is InChI=1S/C25H24Cl2F3N3/c26-22-8-6-17(11-23(22)27)20-14-31-15-21(20)18(10-16-4-2-1-3-5-16)12-32-24-9-7-19(13-33-24)25(28,29)30/h1-9,11,13,18,20-21,31H,10,12,14-15H2,(H,32,33). The molecule has 2 N–H and O–H groups in total. The van der Waals surface area contributed by atoms with E-state index in [1.807, 2.05) is 36.4 Å². The van der Waals surface area contributed by atoms with Crippen LogP contribution in [0.2, 0.25) is 10.0 Å². The third kappa shape index (κ3) is 5.99. The van der Waals surface area contributed by atoms with E-state index in [0.717, 1.165) is 37.3 Å². The highest BCUT2D eigenvalue weighted by Gasteiger charge is 2.35. The Morgan fingerprint density at radius 2 is 1.79 bits per heavy atom. The molecule has 33 heavy (non-hydrogen) atoms. The lowest BCUT2D eigenvalue weighted by Gasteiger charge is -2.29. The van der Waals surface area contributed by atoms with Gasteiger partial charge in [-0.2, -0.15) is 13.2 Å². The molecule has 1 saturated heterocycles. The van der Waals surface area contributed by atoms with E-state index in [1.165, 1.54) is 11.6 Å². The number of alkyl halides is 3. The lowest BCUT2D eigenvalue weighted by atomic mass is 9.77. The number of nitrogens with zero attached hydrogens (tertiary/aromatic N) is 1. The van der Waals surface area contributed by atoms with Crippen LogP contribution in [-0.4, -0.2) is 24.6 Å². The van der Waals surface area contributed by atoms with Crippen molar-refractivity contribution in [2.75, 3.05) is 25.0 Å². The lowest BCUT2D eigenvalue weighted by molar-refractivity contribution is -0.137. The van der Waals surface area contributed by atoms with E-state index in [4.69, 9.17) is 23.2 Å². The fraction of sp³-hybridized carbons (Fsp3) is 0.320. The molecule has 1 aromatic heterocycles. The normalized spacial score (nSPS) is 19.4. The van der Waals surface area contributed by atoms with Gasteiger partial charge in [-0.15, -0.1) is 0 Å². The highest BCUT2D eigenvalue weighted by molar-refractivity contribution is 6.42. The Labute approximate surface area is 201 Å². The summed E-state index contributed by atoms with van der Waals surface area (Å²) in [7, 11) is 0. The van der Waals surface area contributed by atoms with E-state index in [0.29, 0.717) is 28.3 Å². The fourth-order valence-electron chi connectivity index (χ4n) is 4.50. The molecule has 2 aromatic carbocycles. The van der Waals surface area contributed by atoms with Crippen molar-refractivity contribution in [1.29, 1.82) is 0 Å². The first-order valence-electron chi connectivity index (χ1n) is 10.8. The average molecular weight is 494 g/mol. The molecule has 3 nitrogen and oxygen atoms in total. The number of aromatic nitrogens is 1. The van der Waals surface area contributed by atoms with Gasteiger partial charge < -0.3 is 10.6 Å². The topological polar surface area (TPSA) is 37.0 Å². The van der Waals surface area contributed by atoms with Gasteiger partial charge in [0, 0.05) is 25.2 Å². The fourth-order valence-corrected chi connectivity index (χ4v) is 4.80. The highest BCUT2D eigenvalue weighted by atomic mass is 35.5. The summed E-state index contributed by atoms with van der Waals surface area (Å²) in [6, 6.07) is 18.4. The molecule has 0 radical (unpaired) electrons. The van der Waals surface area contributed by atoms with Gasteiger partial charge in [-0.1, -0.05) is 59.6 Å². The monoisotopic (exact) mass is 493 g/mol. The van der Waals surface area contributed by atoms with Gasteiger partial charge in [-0.3, -0.25) is 0 Å². The van der Waals surface area contributed by atoms with Crippen LogP contribution in [0.5, 0.6) is 0 Å². The van der Waals surface area contributed by atoms with E-state index < -0.39 is 11.7 Å². The number of anilines is 1. The third-order valence-electron chi connectivity index (χ3n) is 6.22. The van der Waals surface area contributed by atoms with E-state index in [9.17, 15) is 13.2 Å². The molecule has 0 saturated carbocycles. The van der Waals surface area contributed by atoms with Crippen LogP contribution >= 0.6 is 23.2 Å². The van der Waals surface area contributed by atoms with Crippen molar-refractivity contribution in [1.82, 2.24) is 10.3 Å². The van der Waals surface area contributed by atoms with Crippen molar-refractivity contribution >= 4 is 29.0 Å². The molecule has 1 aliphatic rings. The Hall–Kier alpha value is -2.28. The first kappa shape index (κ1) is 23.9. The van der Waals surface area contributed by atoms with Crippen molar-refractivity contribution in [3.05, 3.63) is 93.6 Å². The summed E-state index contributed by atoms with van der Waals surface area (Å²) < 4.78 is 38.6. The van der Waals surface area contributed by atoms with E-state index >= 15 is 0 Å². The van der Waals surface area contributed by atoms with Gasteiger partial charge in [0.05, 0.1) is 15.6 Å². The molecule has 3 unspecified atom stereocenters. The van der Waals surface area contributed by atoms with Crippen molar-refractivity contribution in [3.63, 3.8) is 0 Å². The van der Waals surface area contributed by atoms with Crippen molar-refractivity contribution in [3.8, 4) is 0 Å². The van der Waals surface area contributed by atoms with Gasteiger partial charge in [0.1, 0.15) is 5.82 Å². The van der Waals surface area contributed by atoms with Crippen LogP contribution in [0.25, 0.3) is 0 Å². The first-order valence-corrected chi connectivity index (χ1v) is 11.5. The van der Waals surface area contributed by atoms with Crippen molar-refractivity contribution in [2.45, 2.75) is 18.5 Å². The number of rotatable bonds is 7. The summed E-state index contributed by atoms with van der Waals surface area (Å²) in [5.74, 6) is 1.18. The van der Waals surface area contributed by atoms with Gasteiger partial charge in [0.2, 0.25) is 0 Å². The second kappa shape index (κ2) is 10.3. The molecule has 1 fully saturated rings. The zero-order valence-electron chi connectivity index (χ0n) is 17.7. The molecular formula is C25H24Cl2F3N3. The third-order valence-corrected chi connectivity index (χ3v) is 6.95. The molecule has 174 valence electrons. The maximum absolute atomic E-state index is 12.9. The number of nitrogens with one attached hydrogen (secondary N) is 2. The minimum atomic E-state index is -4.40. The van der Waals surface area contributed by atoms with E-state index in [-0.39, 0.29) is 11.8 Å². The zero-order valence-corrected chi connectivity index (χ0v) is 19.3. The van der Waals surface area contributed by atoms with Gasteiger partial charge in [-0.25, -0.2) is 4.98 Å². The van der Waals surface area contributed by atoms with Gasteiger partial charge >= 0.3 is 6.18 Å². The molecular weight excluding hydrogens is 470 g/mol. The largest absolute Gasteiger partial charge is 0.417 e. The molecule has 1 aliphatic heterocycles. The molecule has 3 aromatic rings. The SMILES string of the molecule is FC(F)(F)c1ccc(NCC(Cc2ccccc2)C2CNCC2c2ccc(Cl)c(Cl)c2)nc1. The van der Waals surface area contributed by atoms with Crippen LogP contribution < -0.4 is 10.6 Å². The summed E-state index contributed by atoms with van der Waals surface area (Å²) in [4.78, 5) is 3.97.